The van der Waals surface area contributed by atoms with Gasteiger partial charge >= 0.3 is 0 Å². The van der Waals surface area contributed by atoms with Crippen molar-refractivity contribution in [2.45, 2.75) is 26.2 Å². The van der Waals surface area contributed by atoms with E-state index in [1.165, 1.54) is 24.8 Å². The van der Waals surface area contributed by atoms with Crippen LogP contribution in [0, 0.1) is 0 Å². The molecule has 0 unspecified atom stereocenters. The highest BCUT2D eigenvalue weighted by Crippen LogP contribution is 2.10. The van der Waals surface area contributed by atoms with E-state index in [9.17, 15) is 0 Å². The minimum atomic E-state index is 0.968. The third kappa shape index (κ3) is 2.55. The van der Waals surface area contributed by atoms with Crippen molar-refractivity contribution in [2.75, 3.05) is 5.43 Å². The Bertz CT molecular complexity index is 216. The number of nitrogens with two attached hydrogens (primary N) is 1. The number of aryl methyl sites for hydroxylation is 1. The largest absolute Gasteiger partial charge is 0.324 e. The number of hydrogen-bond donors (Lipinski definition) is 2. The van der Waals surface area contributed by atoms with Gasteiger partial charge in [-0.3, -0.25) is 5.84 Å². The first-order valence-corrected chi connectivity index (χ1v) is 4.42. The highest BCUT2D eigenvalue weighted by Gasteiger charge is 1.91. The summed E-state index contributed by atoms with van der Waals surface area (Å²) >= 11 is 0. The fraction of sp³-hybridized carbons (Fsp3) is 0.400. The Morgan fingerprint density at radius 1 is 1.25 bits per heavy atom. The van der Waals surface area contributed by atoms with Crippen LogP contribution in [0.25, 0.3) is 0 Å². The lowest BCUT2D eigenvalue weighted by Crippen LogP contribution is -2.06. The average molecular weight is 164 g/mol. The van der Waals surface area contributed by atoms with Crippen LogP contribution in [0.5, 0.6) is 0 Å². The second kappa shape index (κ2) is 4.78. The van der Waals surface area contributed by atoms with Gasteiger partial charge in [-0.05, 0) is 30.5 Å². The molecule has 12 heavy (non-hydrogen) atoms. The van der Waals surface area contributed by atoms with Crippen LogP contribution in [0.2, 0.25) is 0 Å². The number of hydrogen-bond acceptors (Lipinski definition) is 2. The first kappa shape index (κ1) is 9.07. The second-order valence-electron chi connectivity index (χ2n) is 2.94. The monoisotopic (exact) mass is 164 g/mol. The van der Waals surface area contributed by atoms with E-state index in [2.05, 4.69) is 24.5 Å². The maximum absolute atomic E-state index is 5.25. The summed E-state index contributed by atoms with van der Waals surface area (Å²) in [4.78, 5) is 0. The summed E-state index contributed by atoms with van der Waals surface area (Å²) < 4.78 is 0. The molecule has 0 aliphatic carbocycles. The van der Waals surface area contributed by atoms with Crippen molar-refractivity contribution in [1.82, 2.24) is 0 Å². The number of nitrogen functional groups attached to an aromatic ring is 1. The van der Waals surface area contributed by atoms with E-state index in [1.807, 2.05) is 12.1 Å². The summed E-state index contributed by atoms with van der Waals surface area (Å²) in [6, 6.07) is 8.24. The minimum Gasteiger partial charge on any atom is -0.324 e. The molecule has 0 bridgehead atoms. The summed E-state index contributed by atoms with van der Waals surface area (Å²) in [5.74, 6) is 5.25. The molecule has 0 saturated carbocycles. The van der Waals surface area contributed by atoms with Crippen LogP contribution in [-0.2, 0) is 6.42 Å². The normalized spacial score (nSPS) is 9.83. The molecule has 0 spiro atoms. The van der Waals surface area contributed by atoms with Gasteiger partial charge in [-0.2, -0.15) is 0 Å². The van der Waals surface area contributed by atoms with E-state index >= 15 is 0 Å². The van der Waals surface area contributed by atoms with Crippen LogP contribution in [0.15, 0.2) is 24.3 Å². The molecule has 1 aromatic carbocycles. The molecule has 1 aromatic rings. The first-order valence-electron chi connectivity index (χ1n) is 4.42. The predicted octanol–water partition coefficient (Wildman–Crippen LogP) is 2.31. The molecule has 0 amide bonds. The molecule has 3 N–H and O–H groups in total. The summed E-state index contributed by atoms with van der Waals surface area (Å²) in [5.41, 5.74) is 4.96. The van der Waals surface area contributed by atoms with Crippen LogP contribution in [0.4, 0.5) is 5.69 Å². The molecule has 0 radical (unpaired) electrons. The van der Waals surface area contributed by atoms with Crippen LogP contribution in [0.1, 0.15) is 25.3 Å². The van der Waals surface area contributed by atoms with E-state index in [4.69, 9.17) is 5.84 Å². The van der Waals surface area contributed by atoms with Gasteiger partial charge in [0.05, 0.1) is 0 Å². The number of rotatable bonds is 4. The Morgan fingerprint density at radius 3 is 2.42 bits per heavy atom. The third-order valence-corrected chi connectivity index (χ3v) is 1.94. The average Bonchev–Trinajstić information content (AvgIpc) is 2.15. The lowest BCUT2D eigenvalue weighted by Gasteiger charge is -2.02. The van der Waals surface area contributed by atoms with Crippen molar-refractivity contribution in [3.05, 3.63) is 29.8 Å². The highest BCUT2D eigenvalue weighted by atomic mass is 15.2. The minimum absolute atomic E-state index is 0.968. The zero-order valence-electron chi connectivity index (χ0n) is 7.51. The lowest BCUT2D eigenvalue weighted by atomic mass is 10.1. The Morgan fingerprint density at radius 2 is 1.92 bits per heavy atom. The third-order valence-electron chi connectivity index (χ3n) is 1.94. The number of anilines is 1. The molecular formula is C10H16N2. The van der Waals surface area contributed by atoms with Crippen LogP contribution < -0.4 is 11.3 Å². The molecule has 0 fully saturated rings. The molecular weight excluding hydrogens is 148 g/mol. The molecule has 2 nitrogen and oxygen atoms in total. The van der Waals surface area contributed by atoms with E-state index in [-0.39, 0.29) is 0 Å². The number of benzene rings is 1. The SMILES string of the molecule is CCCCc1ccc(NN)cc1. The van der Waals surface area contributed by atoms with E-state index in [1.54, 1.807) is 0 Å². The van der Waals surface area contributed by atoms with Gasteiger partial charge < -0.3 is 5.43 Å². The maximum Gasteiger partial charge on any atom is 0.0485 e. The molecule has 0 aliphatic heterocycles. The summed E-state index contributed by atoms with van der Waals surface area (Å²) in [6.07, 6.45) is 3.67. The molecule has 0 aromatic heterocycles. The van der Waals surface area contributed by atoms with Gasteiger partial charge in [0.2, 0.25) is 0 Å². The van der Waals surface area contributed by atoms with Crippen LogP contribution in [-0.4, -0.2) is 0 Å². The van der Waals surface area contributed by atoms with Crippen molar-refractivity contribution >= 4 is 5.69 Å². The maximum atomic E-state index is 5.25. The Labute approximate surface area is 73.8 Å². The molecule has 66 valence electrons. The molecule has 0 saturated heterocycles. The number of hydrazine groups is 1. The predicted molar refractivity (Wildman–Crippen MR) is 52.9 cm³/mol. The summed E-state index contributed by atoms with van der Waals surface area (Å²) in [7, 11) is 0. The van der Waals surface area contributed by atoms with Crippen molar-refractivity contribution in [3.63, 3.8) is 0 Å². The fourth-order valence-corrected chi connectivity index (χ4v) is 1.15. The Kier molecular flexibility index (Phi) is 3.61. The van der Waals surface area contributed by atoms with Crippen molar-refractivity contribution in [3.8, 4) is 0 Å². The molecule has 0 atom stereocenters. The standard InChI is InChI=1S/C10H16N2/c1-2-3-4-9-5-7-10(12-11)8-6-9/h5-8,12H,2-4,11H2,1H3. The zero-order chi connectivity index (χ0) is 8.81. The summed E-state index contributed by atoms with van der Waals surface area (Å²) in [6.45, 7) is 2.20. The van der Waals surface area contributed by atoms with Gasteiger partial charge in [0.15, 0.2) is 0 Å². The number of unbranched alkanes of at least 4 members (excludes halogenated alkanes) is 1. The van der Waals surface area contributed by atoms with Gasteiger partial charge in [0.25, 0.3) is 0 Å². The Hall–Kier alpha value is -1.02. The highest BCUT2D eigenvalue weighted by molar-refractivity contribution is 5.43. The fourth-order valence-electron chi connectivity index (χ4n) is 1.15. The van der Waals surface area contributed by atoms with Crippen LogP contribution >= 0.6 is 0 Å². The van der Waals surface area contributed by atoms with Gasteiger partial charge in [-0.15, -0.1) is 0 Å². The quantitative estimate of drug-likeness (QED) is 0.529. The van der Waals surface area contributed by atoms with E-state index in [0.717, 1.165) is 5.69 Å². The van der Waals surface area contributed by atoms with Crippen molar-refractivity contribution in [2.24, 2.45) is 5.84 Å². The first-order chi connectivity index (χ1) is 5.86. The van der Waals surface area contributed by atoms with E-state index in [0.29, 0.717) is 0 Å². The van der Waals surface area contributed by atoms with Gasteiger partial charge in [-0.25, -0.2) is 0 Å². The number of nitrogens with one attached hydrogen (secondary N) is 1. The molecule has 2 heteroatoms. The second-order valence-corrected chi connectivity index (χ2v) is 2.94. The zero-order valence-corrected chi connectivity index (χ0v) is 7.51. The Balaban J connectivity index is 2.53. The lowest BCUT2D eigenvalue weighted by molar-refractivity contribution is 0.795. The van der Waals surface area contributed by atoms with Gasteiger partial charge in [0, 0.05) is 5.69 Å². The topological polar surface area (TPSA) is 38.0 Å². The van der Waals surface area contributed by atoms with Crippen LogP contribution in [0.3, 0.4) is 0 Å². The smallest absolute Gasteiger partial charge is 0.0485 e. The van der Waals surface area contributed by atoms with Gasteiger partial charge in [0.1, 0.15) is 0 Å². The van der Waals surface area contributed by atoms with Crippen molar-refractivity contribution < 1.29 is 0 Å². The summed E-state index contributed by atoms with van der Waals surface area (Å²) in [5, 5.41) is 0. The van der Waals surface area contributed by atoms with Gasteiger partial charge in [-0.1, -0.05) is 25.5 Å². The molecule has 0 heterocycles. The van der Waals surface area contributed by atoms with Crippen molar-refractivity contribution in [1.29, 1.82) is 0 Å². The molecule has 0 aliphatic rings. The molecule has 1 rings (SSSR count). The van der Waals surface area contributed by atoms with E-state index < -0.39 is 0 Å².